The molecule has 0 saturated carbocycles. The van der Waals surface area contributed by atoms with Gasteiger partial charge in [-0.25, -0.2) is 0 Å². The van der Waals surface area contributed by atoms with Crippen molar-refractivity contribution in [2.75, 3.05) is 0 Å². The quantitative estimate of drug-likeness (QED) is 0.517. The fraction of sp³-hybridized carbons (Fsp3) is 0.385. The van der Waals surface area contributed by atoms with Crippen LogP contribution in [-0.2, 0) is 28.9 Å². The third-order valence-electron chi connectivity index (χ3n) is 5.74. The van der Waals surface area contributed by atoms with Gasteiger partial charge in [0, 0.05) is 24.2 Å². The highest BCUT2D eigenvalue weighted by Gasteiger charge is 2.30. The molecule has 1 unspecified atom stereocenters. The average Bonchev–Trinajstić information content (AvgIpc) is 3.15. The van der Waals surface area contributed by atoms with Crippen molar-refractivity contribution in [1.29, 1.82) is 0 Å². The van der Waals surface area contributed by atoms with Crippen molar-refractivity contribution in [2.45, 2.75) is 57.7 Å². The van der Waals surface area contributed by atoms with Crippen LogP contribution in [0.3, 0.4) is 0 Å². The number of nitrogens with two attached hydrogens (primary N) is 1. The normalized spacial score (nSPS) is 15.2. The van der Waals surface area contributed by atoms with Crippen LogP contribution < -0.4 is 16.4 Å². The molecule has 4 N–H and O–H groups in total. The number of hydrogen-bond donors (Lipinski definition) is 3. The van der Waals surface area contributed by atoms with Crippen molar-refractivity contribution in [3.05, 3.63) is 83.6 Å². The van der Waals surface area contributed by atoms with Crippen LogP contribution in [0.5, 0.6) is 0 Å². The molecular weight excluding hydrogens is 386 g/mol. The molecule has 164 valence electrons. The summed E-state index contributed by atoms with van der Waals surface area (Å²) in [6.07, 6.45) is 2.64. The molecule has 1 aliphatic carbocycles. The second-order valence-electron chi connectivity index (χ2n) is 8.86. The topological polar surface area (TPSA) is 84.2 Å². The Morgan fingerprint density at radius 3 is 2.19 bits per heavy atom. The van der Waals surface area contributed by atoms with Gasteiger partial charge in [-0.3, -0.25) is 9.59 Å². The number of benzene rings is 2. The molecule has 5 heteroatoms. The van der Waals surface area contributed by atoms with Crippen molar-refractivity contribution in [2.24, 2.45) is 11.7 Å². The van der Waals surface area contributed by atoms with E-state index in [0.29, 0.717) is 18.0 Å². The fourth-order valence-corrected chi connectivity index (χ4v) is 4.12. The summed E-state index contributed by atoms with van der Waals surface area (Å²) in [5.74, 6) is -0.640. The predicted octanol–water partition coefficient (Wildman–Crippen LogP) is 2.93. The van der Waals surface area contributed by atoms with Gasteiger partial charge < -0.3 is 16.4 Å². The molecule has 2 aromatic carbocycles. The van der Waals surface area contributed by atoms with E-state index in [1.807, 2.05) is 42.5 Å². The highest BCUT2D eigenvalue weighted by molar-refractivity contribution is 6.38. The van der Waals surface area contributed by atoms with Crippen molar-refractivity contribution in [3.63, 3.8) is 0 Å². The molecule has 0 aliphatic heterocycles. The number of nitrogens with one attached hydrogen (secondary N) is 2. The molecule has 1 aliphatic rings. The van der Waals surface area contributed by atoms with Crippen LogP contribution in [0.4, 0.5) is 0 Å². The first-order valence-corrected chi connectivity index (χ1v) is 11.0. The lowest BCUT2D eigenvalue weighted by molar-refractivity contribution is -0.139. The number of hydrogen-bond acceptors (Lipinski definition) is 4. The number of carbonyl (C=O) groups is 2. The number of fused-ring (bicyclic) bond motifs is 1. The molecule has 0 bridgehead atoms. The highest BCUT2D eigenvalue weighted by Crippen LogP contribution is 2.21. The summed E-state index contributed by atoms with van der Waals surface area (Å²) in [5, 5.41) is 6.10. The van der Waals surface area contributed by atoms with E-state index in [1.165, 1.54) is 11.1 Å². The summed E-state index contributed by atoms with van der Waals surface area (Å²) in [4.78, 5) is 26.0. The molecule has 31 heavy (non-hydrogen) atoms. The van der Waals surface area contributed by atoms with Crippen molar-refractivity contribution in [3.8, 4) is 0 Å². The maximum Gasteiger partial charge on any atom is 0.289 e. The van der Waals surface area contributed by atoms with Gasteiger partial charge in [-0.15, -0.1) is 0 Å². The minimum Gasteiger partial charge on any atom is -0.377 e. The monoisotopic (exact) mass is 419 g/mol. The Morgan fingerprint density at radius 2 is 1.61 bits per heavy atom. The van der Waals surface area contributed by atoms with Gasteiger partial charge in [-0.2, -0.15) is 0 Å². The van der Waals surface area contributed by atoms with Gasteiger partial charge >= 0.3 is 0 Å². The van der Waals surface area contributed by atoms with E-state index in [9.17, 15) is 9.59 Å². The predicted molar refractivity (Wildman–Crippen MR) is 124 cm³/mol. The zero-order valence-corrected chi connectivity index (χ0v) is 18.4. The van der Waals surface area contributed by atoms with Gasteiger partial charge in [-0.1, -0.05) is 75.0 Å². The van der Waals surface area contributed by atoms with E-state index in [4.69, 9.17) is 5.73 Å². The lowest BCUT2D eigenvalue weighted by Crippen LogP contribution is -2.50. The summed E-state index contributed by atoms with van der Waals surface area (Å²) >= 11 is 0. The molecule has 0 aromatic heterocycles. The van der Waals surface area contributed by atoms with E-state index in [-0.39, 0.29) is 12.1 Å². The van der Waals surface area contributed by atoms with Crippen molar-refractivity contribution < 1.29 is 9.59 Å². The Hall–Kier alpha value is -2.92. The molecule has 1 amide bonds. The van der Waals surface area contributed by atoms with Gasteiger partial charge in [0.2, 0.25) is 5.78 Å². The lowest BCUT2D eigenvalue weighted by Gasteiger charge is -2.25. The van der Waals surface area contributed by atoms with Gasteiger partial charge in [-0.05, 0) is 41.9 Å². The van der Waals surface area contributed by atoms with Gasteiger partial charge in [0.15, 0.2) is 0 Å². The van der Waals surface area contributed by atoms with E-state index in [1.54, 1.807) is 0 Å². The second kappa shape index (κ2) is 10.4. The van der Waals surface area contributed by atoms with E-state index in [0.717, 1.165) is 24.8 Å². The molecule has 5 nitrogen and oxygen atoms in total. The Labute approximate surface area is 185 Å². The molecule has 0 radical (unpaired) electrons. The molecule has 3 rings (SSSR count). The molecule has 2 aromatic rings. The van der Waals surface area contributed by atoms with Crippen LogP contribution in [-0.4, -0.2) is 29.8 Å². The second-order valence-corrected chi connectivity index (χ2v) is 8.86. The Kier molecular flexibility index (Phi) is 7.64. The number of ketones is 1. The van der Waals surface area contributed by atoms with Crippen molar-refractivity contribution >= 4 is 11.7 Å². The van der Waals surface area contributed by atoms with E-state index < -0.39 is 17.7 Å². The maximum atomic E-state index is 13.1. The SMILES string of the molecule is C=C(N[C@@H](Cc1ccccc1)C(=O)C(=O)NC1Cc2ccccc2C1)C(N)CC(C)C. The molecule has 0 fully saturated rings. The van der Waals surface area contributed by atoms with E-state index in [2.05, 4.69) is 43.2 Å². The Morgan fingerprint density at radius 1 is 1.03 bits per heavy atom. The number of Topliss-reactive ketones (excluding diaryl/α,β-unsaturated/α-hetero) is 1. The summed E-state index contributed by atoms with van der Waals surface area (Å²) in [6, 6.07) is 16.8. The van der Waals surface area contributed by atoms with Gasteiger partial charge in [0.25, 0.3) is 5.91 Å². The standard InChI is InChI=1S/C26H33N3O2/c1-17(2)13-23(27)18(3)28-24(14-19-9-5-4-6-10-19)25(30)26(31)29-22-15-20-11-7-8-12-21(20)16-22/h4-12,17,22-24,28H,3,13-16,27H2,1-2H3,(H,29,31)/t23?,24-/m0/s1. The van der Waals surface area contributed by atoms with Crippen LogP contribution in [0, 0.1) is 5.92 Å². The van der Waals surface area contributed by atoms with E-state index >= 15 is 0 Å². The first-order chi connectivity index (χ1) is 14.8. The summed E-state index contributed by atoms with van der Waals surface area (Å²) in [6.45, 7) is 8.22. The maximum absolute atomic E-state index is 13.1. The molecule has 2 atom stereocenters. The molecule has 0 spiro atoms. The Balaban J connectivity index is 1.67. The fourth-order valence-electron chi connectivity index (χ4n) is 4.12. The number of amides is 1. The lowest BCUT2D eigenvalue weighted by atomic mass is 9.98. The molecule has 0 heterocycles. The third kappa shape index (κ3) is 6.28. The highest BCUT2D eigenvalue weighted by atomic mass is 16.2. The summed E-state index contributed by atoms with van der Waals surface area (Å²) in [5.41, 5.74) is 10.3. The van der Waals surface area contributed by atoms with Crippen LogP contribution in [0.1, 0.15) is 37.0 Å². The van der Waals surface area contributed by atoms with Crippen molar-refractivity contribution in [1.82, 2.24) is 10.6 Å². The van der Waals surface area contributed by atoms with Crippen LogP contribution >= 0.6 is 0 Å². The molecule has 0 saturated heterocycles. The summed E-state index contributed by atoms with van der Waals surface area (Å²) < 4.78 is 0. The molecular formula is C26H33N3O2. The average molecular weight is 420 g/mol. The first-order valence-electron chi connectivity index (χ1n) is 11.0. The largest absolute Gasteiger partial charge is 0.377 e. The minimum absolute atomic E-state index is 0.0578. The Bertz CT molecular complexity index is 898. The number of carbonyl (C=O) groups excluding carboxylic acids is 2. The summed E-state index contributed by atoms with van der Waals surface area (Å²) in [7, 11) is 0. The first kappa shape index (κ1) is 22.8. The number of rotatable bonds is 10. The van der Waals surface area contributed by atoms with Crippen LogP contribution in [0.25, 0.3) is 0 Å². The van der Waals surface area contributed by atoms with Crippen LogP contribution in [0.2, 0.25) is 0 Å². The zero-order valence-electron chi connectivity index (χ0n) is 18.4. The third-order valence-corrected chi connectivity index (χ3v) is 5.74. The van der Waals surface area contributed by atoms with Gasteiger partial charge in [0.05, 0.1) is 6.04 Å². The van der Waals surface area contributed by atoms with Gasteiger partial charge in [0.1, 0.15) is 0 Å². The van der Waals surface area contributed by atoms with Crippen LogP contribution in [0.15, 0.2) is 66.9 Å². The smallest absolute Gasteiger partial charge is 0.289 e. The zero-order chi connectivity index (χ0) is 22.4. The minimum atomic E-state index is -0.711.